The molecule has 1 aromatic heterocycles. The molecule has 1 amide bonds. The average Bonchev–Trinajstić information content (AvgIpc) is 3.48. The number of rotatable bonds is 5. The Morgan fingerprint density at radius 1 is 1.22 bits per heavy atom. The molecule has 7 heteroatoms. The Balaban J connectivity index is 1.62. The minimum absolute atomic E-state index is 0.150. The van der Waals surface area contributed by atoms with E-state index in [4.69, 9.17) is 4.74 Å². The van der Waals surface area contributed by atoms with Gasteiger partial charge >= 0.3 is 6.09 Å². The molecule has 32 heavy (non-hydrogen) atoms. The number of carbonyl (C=O) groups excluding carboxylic acids is 1. The van der Waals surface area contributed by atoms with Crippen molar-refractivity contribution in [3.63, 3.8) is 0 Å². The zero-order valence-corrected chi connectivity index (χ0v) is 19.5. The standard InChI is InChI=1S/C25H33N3O4/c1-17(28(30)31)14-21-15-20-6-5-7-22(23(20)27(21)16-18-8-9-18)19-10-12-26(13-11-19)24(29)32-25(2,3)4/h5-7,14-15,18-19H,8-13,16H2,1-4H3/b17-14+. The van der Waals surface area contributed by atoms with E-state index in [1.807, 2.05) is 20.8 Å². The van der Waals surface area contributed by atoms with Gasteiger partial charge in [-0.1, -0.05) is 18.2 Å². The maximum absolute atomic E-state index is 12.5. The van der Waals surface area contributed by atoms with Crippen LogP contribution in [0.25, 0.3) is 17.0 Å². The Hall–Kier alpha value is -2.83. The van der Waals surface area contributed by atoms with E-state index in [2.05, 4.69) is 28.8 Å². The maximum Gasteiger partial charge on any atom is 0.410 e. The van der Waals surface area contributed by atoms with E-state index in [0.29, 0.717) is 24.9 Å². The molecule has 4 rings (SSSR count). The van der Waals surface area contributed by atoms with Crippen molar-refractivity contribution in [1.82, 2.24) is 9.47 Å². The Morgan fingerprint density at radius 2 is 1.91 bits per heavy atom. The number of ether oxygens (including phenoxy) is 1. The first-order valence-electron chi connectivity index (χ1n) is 11.5. The molecular weight excluding hydrogens is 406 g/mol. The predicted octanol–water partition coefficient (Wildman–Crippen LogP) is 5.80. The van der Waals surface area contributed by atoms with Gasteiger partial charge in [-0.15, -0.1) is 0 Å². The largest absolute Gasteiger partial charge is 0.444 e. The lowest BCUT2D eigenvalue weighted by Gasteiger charge is -2.34. The summed E-state index contributed by atoms with van der Waals surface area (Å²) in [6.45, 7) is 9.46. The molecule has 0 N–H and O–H groups in total. The van der Waals surface area contributed by atoms with Gasteiger partial charge in [0.05, 0.1) is 10.4 Å². The molecule has 0 spiro atoms. The predicted molar refractivity (Wildman–Crippen MR) is 125 cm³/mol. The first-order valence-corrected chi connectivity index (χ1v) is 11.5. The molecule has 2 aromatic rings. The summed E-state index contributed by atoms with van der Waals surface area (Å²) in [5, 5.41) is 12.4. The molecule has 0 bridgehead atoms. The van der Waals surface area contributed by atoms with E-state index in [1.54, 1.807) is 17.9 Å². The molecule has 0 atom stereocenters. The van der Waals surface area contributed by atoms with Crippen LogP contribution in [-0.4, -0.2) is 39.2 Å². The highest BCUT2D eigenvalue weighted by atomic mass is 16.6. The quantitative estimate of drug-likeness (QED) is 0.435. The summed E-state index contributed by atoms with van der Waals surface area (Å²) in [7, 11) is 0. The highest BCUT2D eigenvalue weighted by molar-refractivity contribution is 5.87. The molecule has 2 fully saturated rings. The number of likely N-dealkylation sites (tertiary alicyclic amines) is 1. The lowest BCUT2D eigenvalue weighted by Crippen LogP contribution is -2.41. The fourth-order valence-electron chi connectivity index (χ4n) is 4.55. The number of hydrogen-bond acceptors (Lipinski definition) is 4. The van der Waals surface area contributed by atoms with Crippen LogP contribution in [0.15, 0.2) is 30.0 Å². The second-order valence-corrected chi connectivity index (χ2v) is 10.2. The fourth-order valence-corrected chi connectivity index (χ4v) is 4.55. The highest BCUT2D eigenvalue weighted by Gasteiger charge is 2.30. The van der Waals surface area contributed by atoms with Crippen LogP contribution >= 0.6 is 0 Å². The van der Waals surface area contributed by atoms with Gasteiger partial charge in [0.15, 0.2) is 0 Å². The summed E-state index contributed by atoms with van der Waals surface area (Å²) >= 11 is 0. The van der Waals surface area contributed by atoms with Gasteiger partial charge in [-0.05, 0) is 69.9 Å². The zero-order chi connectivity index (χ0) is 23.0. The van der Waals surface area contributed by atoms with Gasteiger partial charge in [-0.25, -0.2) is 4.79 Å². The van der Waals surface area contributed by atoms with Gasteiger partial charge in [0.25, 0.3) is 0 Å². The van der Waals surface area contributed by atoms with Gasteiger partial charge in [0.1, 0.15) is 5.60 Å². The summed E-state index contributed by atoms with van der Waals surface area (Å²) in [4.78, 5) is 25.2. The summed E-state index contributed by atoms with van der Waals surface area (Å²) in [6, 6.07) is 8.43. The van der Waals surface area contributed by atoms with Crippen LogP contribution in [0.4, 0.5) is 4.79 Å². The van der Waals surface area contributed by atoms with E-state index in [9.17, 15) is 14.9 Å². The molecule has 1 saturated heterocycles. The van der Waals surface area contributed by atoms with Gasteiger partial charge in [-0.2, -0.15) is 0 Å². The lowest BCUT2D eigenvalue weighted by molar-refractivity contribution is -0.422. The minimum atomic E-state index is -0.491. The summed E-state index contributed by atoms with van der Waals surface area (Å²) < 4.78 is 7.83. The molecule has 0 unspecified atom stereocenters. The third-order valence-electron chi connectivity index (χ3n) is 6.35. The number of aromatic nitrogens is 1. The van der Waals surface area contributed by atoms with Crippen LogP contribution in [-0.2, 0) is 11.3 Å². The first-order chi connectivity index (χ1) is 15.1. The van der Waals surface area contributed by atoms with Crippen LogP contribution in [0.1, 0.15) is 70.6 Å². The van der Waals surface area contributed by atoms with Crippen molar-refractivity contribution in [2.75, 3.05) is 13.1 Å². The van der Waals surface area contributed by atoms with Crippen molar-refractivity contribution in [3.05, 3.63) is 51.3 Å². The van der Waals surface area contributed by atoms with E-state index in [-0.39, 0.29) is 16.7 Å². The van der Waals surface area contributed by atoms with Crippen molar-refractivity contribution in [2.45, 2.75) is 71.4 Å². The Morgan fingerprint density at radius 3 is 2.50 bits per heavy atom. The van der Waals surface area contributed by atoms with Crippen molar-refractivity contribution >= 4 is 23.1 Å². The normalized spacial score (nSPS) is 18.2. The molecular formula is C25H33N3O4. The number of piperidine rings is 1. The lowest BCUT2D eigenvalue weighted by atomic mass is 9.88. The zero-order valence-electron chi connectivity index (χ0n) is 19.5. The first kappa shape index (κ1) is 22.4. The van der Waals surface area contributed by atoms with Crippen LogP contribution < -0.4 is 0 Å². The molecule has 0 radical (unpaired) electrons. The molecule has 1 aliphatic carbocycles. The number of amides is 1. The van der Waals surface area contributed by atoms with Crippen LogP contribution in [0.5, 0.6) is 0 Å². The summed E-state index contributed by atoms with van der Waals surface area (Å²) in [5.74, 6) is 0.995. The van der Waals surface area contributed by atoms with E-state index < -0.39 is 5.60 Å². The number of allylic oxidation sites excluding steroid dienone is 1. The number of hydrogen-bond donors (Lipinski definition) is 0. The van der Waals surface area contributed by atoms with Crippen molar-refractivity contribution in [2.24, 2.45) is 5.92 Å². The second-order valence-electron chi connectivity index (χ2n) is 10.2. The van der Waals surface area contributed by atoms with E-state index >= 15 is 0 Å². The highest BCUT2D eigenvalue weighted by Crippen LogP contribution is 2.38. The van der Waals surface area contributed by atoms with Gasteiger partial charge < -0.3 is 14.2 Å². The Kier molecular flexibility index (Phi) is 6.01. The number of nitrogens with zero attached hydrogens (tertiary/aromatic N) is 3. The van der Waals surface area contributed by atoms with Gasteiger partial charge in [0, 0.05) is 43.7 Å². The van der Waals surface area contributed by atoms with E-state index in [1.165, 1.54) is 23.9 Å². The molecule has 1 saturated carbocycles. The average molecular weight is 440 g/mol. The van der Waals surface area contributed by atoms with Gasteiger partial charge in [-0.3, -0.25) is 10.1 Å². The molecule has 2 aliphatic rings. The SMILES string of the molecule is C/C(=C\c1cc2cccc(C3CCN(C(=O)OC(C)(C)C)CC3)c2n1CC1CC1)[N+](=O)[O-]. The monoisotopic (exact) mass is 439 g/mol. The number of para-hydroxylation sites is 1. The van der Waals surface area contributed by atoms with Crippen LogP contribution in [0.2, 0.25) is 0 Å². The number of fused-ring (bicyclic) bond motifs is 1. The number of nitro groups is 1. The maximum atomic E-state index is 12.5. The summed E-state index contributed by atoms with van der Waals surface area (Å²) in [5.41, 5.74) is 3.04. The van der Waals surface area contributed by atoms with Crippen molar-refractivity contribution < 1.29 is 14.5 Å². The summed E-state index contributed by atoms with van der Waals surface area (Å²) in [6.07, 6.45) is 5.64. The molecule has 1 aromatic carbocycles. The third kappa shape index (κ3) is 4.97. The molecule has 172 valence electrons. The van der Waals surface area contributed by atoms with Gasteiger partial charge in [0.2, 0.25) is 5.70 Å². The third-order valence-corrected chi connectivity index (χ3v) is 6.35. The van der Waals surface area contributed by atoms with Crippen LogP contribution in [0.3, 0.4) is 0 Å². The Bertz CT molecular complexity index is 1050. The molecule has 1 aliphatic heterocycles. The number of carbonyl (C=O) groups is 1. The second kappa shape index (κ2) is 8.60. The smallest absolute Gasteiger partial charge is 0.410 e. The minimum Gasteiger partial charge on any atom is -0.444 e. The topological polar surface area (TPSA) is 77.6 Å². The number of benzene rings is 1. The molecule has 7 nitrogen and oxygen atoms in total. The Labute approximate surface area is 189 Å². The van der Waals surface area contributed by atoms with Crippen molar-refractivity contribution in [1.29, 1.82) is 0 Å². The fraction of sp³-hybridized carbons (Fsp3) is 0.560. The molecule has 2 heterocycles. The van der Waals surface area contributed by atoms with Crippen LogP contribution in [0, 0.1) is 16.0 Å². The van der Waals surface area contributed by atoms with Crippen molar-refractivity contribution in [3.8, 4) is 0 Å². The van der Waals surface area contributed by atoms with E-state index in [0.717, 1.165) is 30.5 Å².